The normalized spacial score (nSPS) is 31.0. The summed E-state index contributed by atoms with van der Waals surface area (Å²) in [7, 11) is 0. The van der Waals surface area contributed by atoms with Crippen molar-refractivity contribution in [2.24, 2.45) is 0 Å². The highest BCUT2D eigenvalue weighted by Crippen LogP contribution is 2.24. The van der Waals surface area contributed by atoms with Gasteiger partial charge in [-0.3, -0.25) is 4.79 Å². The van der Waals surface area contributed by atoms with E-state index in [0.29, 0.717) is 5.56 Å². The van der Waals surface area contributed by atoms with Crippen LogP contribution >= 0.6 is 0 Å². The molecule has 0 aliphatic carbocycles. The summed E-state index contributed by atoms with van der Waals surface area (Å²) in [6.07, 6.45) is -6.09. The Morgan fingerprint density at radius 3 is 2.43 bits per heavy atom. The summed E-state index contributed by atoms with van der Waals surface area (Å²) in [5.74, 6) is -0.940. The van der Waals surface area contributed by atoms with E-state index in [9.17, 15) is 24.5 Å². The van der Waals surface area contributed by atoms with Crippen molar-refractivity contribution in [3.05, 3.63) is 35.6 Å². The van der Waals surface area contributed by atoms with Crippen LogP contribution in [0, 0.1) is 5.82 Å². The van der Waals surface area contributed by atoms with Crippen LogP contribution in [-0.4, -0.2) is 63.4 Å². The van der Waals surface area contributed by atoms with Gasteiger partial charge >= 0.3 is 0 Å². The third-order valence-electron chi connectivity index (χ3n) is 3.88. The summed E-state index contributed by atoms with van der Waals surface area (Å²) >= 11 is 0. The van der Waals surface area contributed by atoms with E-state index in [1.165, 1.54) is 31.2 Å². The molecular weight excluding hydrogens is 309 g/mol. The minimum absolute atomic E-state index is 0.0457. The summed E-state index contributed by atoms with van der Waals surface area (Å²) in [4.78, 5) is 13.0. The number of nitrogens with zero attached hydrogens (tertiary/aromatic N) is 1. The van der Waals surface area contributed by atoms with Gasteiger partial charge in [-0.25, -0.2) is 4.39 Å². The van der Waals surface area contributed by atoms with Gasteiger partial charge in [-0.05, 0) is 17.7 Å². The average Bonchev–Trinajstić information content (AvgIpc) is 2.51. The third kappa shape index (κ3) is 3.85. The van der Waals surface area contributed by atoms with Gasteiger partial charge in [-0.15, -0.1) is 0 Å². The molecule has 0 bridgehead atoms. The molecule has 1 aliphatic rings. The Morgan fingerprint density at radius 1 is 1.30 bits per heavy atom. The first-order valence-electron chi connectivity index (χ1n) is 7.15. The second kappa shape index (κ2) is 7.33. The topological polar surface area (TPSA) is 113 Å². The minimum Gasteiger partial charge on any atom is -0.829 e. The maximum Gasteiger partial charge on any atom is 0.220 e. The van der Waals surface area contributed by atoms with E-state index >= 15 is 0 Å². The summed E-state index contributed by atoms with van der Waals surface area (Å²) in [6, 6.07) is 4.01. The van der Waals surface area contributed by atoms with Gasteiger partial charge < -0.3 is 30.1 Å². The molecular formula is C15H19FNO6-. The third-order valence-corrected chi connectivity index (χ3v) is 3.88. The molecule has 0 unspecified atom stereocenters. The molecule has 2 rings (SSSR count). The van der Waals surface area contributed by atoms with Gasteiger partial charge in [0.2, 0.25) is 5.91 Å². The van der Waals surface area contributed by atoms with Crippen molar-refractivity contribution < 1.29 is 34.3 Å². The number of aliphatic hydroxyl groups excluding tert-OH is 3. The highest BCUT2D eigenvalue weighted by atomic mass is 19.1. The van der Waals surface area contributed by atoms with Crippen LogP contribution in [0.5, 0.6) is 0 Å². The number of carbonyl (C=O) groups is 1. The van der Waals surface area contributed by atoms with E-state index in [1.807, 2.05) is 0 Å². The zero-order chi connectivity index (χ0) is 17.1. The fraction of sp³-hybridized carbons (Fsp3) is 0.533. The number of aliphatic hydroxyl groups is 3. The molecule has 1 aromatic rings. The van der Waals surface area contributed by atoms with E-state index < -0.39 is 49.0 Å². The van der Waals surface area contributed by atoms with Gasteiger partial charge in [0.1, 0.15) is 24.1 Å². The first-order chi connectivity index (χ1) is 10.8. The molecule has 1 saturated heterocycles. The Hall–Kier alpha value is -1.58. The van der Waals surface area contributed by atoms with Crippen LogP contribution < -0.4 is 5.11 Å². The number of hydrogen-bond donors (Lipinski definition) is 3. The Bertz CT molecular complexity index is 539. The molecule has 1 heterocycles. The van der Waals surface area contributed by atoms with Crippen molar-refractivity contribution >= 4 is 5.91 Å². The summed E-state index contributed by atoms with van der Waals surface area (Å²) in [6.45, 7) is 0.547. The first-order valence-corrected chi connectivity index (χ1v) is 7.15. The fourth-order valence-electron chi connectivity index (χ4n) is 2.61. The second-order valence-corrected chi connectivity index (χ2v) is 5.47. The minimum atomic E-state index is -1.82. The van der Waals surface area contributed by atoms with Crippen molar-refractivity contribution in [1.29, 1.82) is 0 Å². The molecule has 1 fully saturated rings. The van der Waals surface area contributed by atoms with Crippen LogP contribution in [0.25, 0.3) is 0 Å². The number of ether oxygens (including phenoxy) is 1. The molecule has 0 aromatic heterocycles. The molecule has 3 N–H and O–H groups in total. The number of benzene rings is 1. The largest absolute Gasteiger partial charge is 0.829 e. The van der Waals surface area contributed by atoms with Crippen molar-refractivity contribution in [3.63, 3.8) is 0 Å². The number of halogens is 1. The molecule has 8 heteroatoms. The molecule has 1 amide bonds. The van der Waals surface area contributed by atoms with Crippen LogP contribution in [0.2, 0.25) is 0 Å². The molecule has 0 spiro atoms. The van der Waals surface area contributed by atoms with Crippen LogP contribution in [0.1, 0.15) is 12.5 Å². The molecule has 0 radical (unpaired) electrons. The highest BCUT2D eigenvalue weighted by Gasteiger charge is 2.43. The van der Waals surface area contributed by atoms with Gasteiger partial charge in [0.05, 0.1) is 12.6 Å². The number of rotatable bonds is 4. The lowest BCUT2D eigenvalue weighted by atomic mass is 9.95. The number of hydrogen-bond acceptors (Lipinski definition) is 6. The average molecular weight is 328 g/mol. The van der Waals surface area contributed by atoms with E-state index in [2.05, 4.69) is 0 Å². The van der Waals surface area contributed by atoms with Crippen molar-refractivity contribution in [2.45, 2.75) is 44.1 Å². The van der Waals surface area contributed by atoms with Gasteiger partial charge in [0.25, 0.3) is 0 Å². The summed E-state index contributed by atoms with van der Waals surface area (Å²) in [5.41, 5.74) is 0.555. The Balaban J connectivity index is 2.22. The molecule has 1 aromatic carbocycles. The molecule has 7 nitrogen and oxygen atoms in total. The van der Waals surface area contributed by atoms with Crippen LogP contribution in [0.4, 0.5) is 4.39 Å². The van der Waals surface area contributed by atoms with E-state index in [4.69, 9.17) is 9.84 Å². The SMILES string of the molecule is CC(=O)N(Cc1ccc(F)cc1)[C@@H]1[C@@H](O)[C@H](O)[C@@H](CO)O[C@H]1[O-]. The maximum atomic E-state index is 12.9. The smallest absolute Gasteiger partial charge is 0.220 e. The zero-order valence-electron chi connectivity index (χ0n) is 12.5. The van der Waals surface area contributed by atoms with Gasteiger partial charge in [-0.1, -0.05) is 12.1 Å². The van der Waals surface area contributed by atoms with Gasteiger partial charge in [0.15, 0.2) is 0 Å². The van der Waals surface area contributed by atoms with Gasteiger partial charge in [0, 0.05) is 19.8 Å². The number of carbonyl (C=O) groups excluding carboxylic acids is 1. The lowest BCUT2D eigenvalue weighted by Crippen LogP contribution is -2.68. The second-order valence-electron chi connectivity index (χ2n) is 5.47. The standard InChI is InChI=1S/C15H19FNO6/c1-8(19)17(6-9-2-4-10(16)5-3-9)12-14(21)13(20)11(7-18)23-15(12)22/h2-5,11-15,18,20-21H,6-7H2,1H3/q-1/t11-,12-,13-,14-,15-/m1/s1. The lowest BCUT2D eigenvalue weighted by molar-refractivity contribution is -0.525. The lowest BCUT2D eigenvalue weighted by Gasteiger charge is -2.50. The molecule has 5 atom stereocenters. The zero-order valence-corrected chi connectivity index (χ0v) is 12.5. The number of amides is 1. The van der Waals surface area contributed by atoms with Crippen molar-refractivity contribution in [1.82, 2.24) is 4.90 Å². The maximum absolute atomic E-state index is 12.9. The molecule has 0 saturated carbocycles. The van der Waals surface area contributed by atoms with Crippen molar-refractivity contribution in [3.8, 4) is 0 Å². The van der Waals surface area contributed by atoms with Crippen LogP contribution in [-0.2, 0) is 16.1 Å². The van der Waals surface area contributed by atoms with Crippen LogP contribution in [0.15, 0.2) is 24.3 Å². The summed E-state index contributed by atoms with van der Waals surface area (Å²) < 4.78 is 17.9. The Morgan fingerprint density at radius 2 is 1.91 bits per heavy atom. The highest BCUT2D eigenvalue weighted by molar-refractivity contribution is 5.73. The predicted octanol–water partition coefficient (Wildman–Crippen LogP) is -1.66. The Kier molecular flexibility index (Phi) is 5.66. The Labute approximate surface area is 132 Å². The first kappa shape index (κ1) is 17.8. The molecule has 128 valence electrons. The van der Waals surface area contributed by atoms with E-state index in [0.717, 1.165) is 4.90 Å². The molecule has 23 heavy (non-hydrogen) atoms. The van der Waals surface area contributed by atoms with E-state index in [1.54, 1.807) is 0 Å². The van der Waals surface area contributed by atoms with Crippen molar-refractivity contribution in [2.75, 3.05) is 6.61 Å². The quantitative estimate of drug-likeness (QED) is 0.610. The predicted molar refractivity (Wildman–Crippen MR) is 74.2 cm³/mol. The summed E-state index contributed by atoms with van der Waals surface area (Å²) in [5, 5.41) is 41.2. The monoisotopic (exact) mass is 328 g/mol. The van der Waals surface area contributed by atoms with E-state index in [-0.39, 0.29) is 6.54 Å². The fourth-order valence-corrected chi connectivity index (χ4v) is 2.61. The van der Waals surface area contributed by atoms with Gasteiger partial charge in [-0.2, -0.15) is 0 Å². The van der Waals surface area contributed by atoms with Crippen LogP contribution in [0.3, 0.4) is 0 Å². The molecule has 1 aliphatic heterocycles.